The molecule has 4 aromatic heterocycles. The van der Waals surface area contributed by atoms with E-state index in [1.807, 2.05) is 43.5 Å². The average molecular weight is 692 g/mol. The minimum atomic E-state index is -4.13. The van der Waals surface area contributed by atoms with E-state index < -0.39 is 38.8 Å². The minimum Gasteiger partial charge on any atom is -0.481 e. The minimum absolute atomic E-state index is 0.00336. The number of ether oxygens (including phenoxy) is 2. The Kier molecular flexibility index (Phi) is 8.96. The first-order chi connectivity index (χ1) is 23.1. The number of aromatic nitrogens is 5. The van der Waals surface area contributed by atoms with E-state index in [9.17, 15) is 23.1 Å². The predicted molar refractivity (Wildman–Crippen MR) is 177 cm³/mol. The number of carbonyl (C=O) groups excluding carboxylic acids is 1. The molecule has 0 aromatic carbocycles. The van der Waals surface area contributed by atoms with E-state index in [2.05, 4.69) is 15.2 Å². The van der Waals surface area contributed by atoms with Crippen LogP contribution in [0.3, 0.4) is 0 Å². The number of carboxylic acids is 1. The van der Waals surface area contributed by atoms with Crippen molar-refractivity contribution in [3.05, 3.63) is 76.1 Å². The molecule has 6 rings (SSSR count). The molecule has 1 amide bonds. The Morgan fingerprint density at radius 2 is 1.86 bits per heavy atom. The van der Waals surface area contributed by atoms with Crippen LogP contribution in [-0.2, 0) is 37.3 Å². The summed E-state index contributed by atoms with van der Waals surface area (Å²) in [6.07, 6.45) is 4.71. The third-order valence-corrected chi connectivity index (χ3v) is 11.6. The molecule has 0 saturated carbocycles. The fraction of sp³-hybridized carbons (Fsp3) is 0.471. The maximum Gasteiger partial charge on any atom is 0.310 e. The summed E-state index contributed by atoms with van der Waals surface area (Å²) in [6, 6.07) is 6.74. The van der Waals surface area contributed by atoms with E-state index in [-0.39, 0.29) is 36.7 Å². The largest absolute Gasteiger partial charge is 0.481 e. The molecule has 2 aliphatic heterocycles. The van der Waals surface area contributed by atoms with E-state index in [1.54, 1.807) is 26.1 Å². The first-order valence-corrected chi connectivity index (χ1v) is 17.6. The van der Waals surface area contributed by atoms with Gasteiger partial charge in [-0.2, -0.15) is 4.31 Å². The second-order valence-corrected chi connectivity index (χ2v) is 15.5. The second-order valence-electron chi connectivity index (χ2n) is 13.6. The Morgan fingerprint density at radius 1 is 1.12 bits per heavy atom. The number of carbonyl (C=O) groups is 2. The predicted octanol–water partition coefficient (Wildman–Crippen LogP) is 3.24. The van der Waals surface area contributed by atoms with E-state index in [1.165, 1.54) is 10.4 Å². The molecule has 14 nitrogen and oxygen atoms in total. The quantitative estimate of drug-likeness (QED) is 0.262. The molecule has 0 bridgehead atoms. The molecular weight excluding hydrogens is 650 g/mol. The first-order valence-electron chi connectivity index (χ1n) is 16.2. The summed E-state index contributed by atoms with van der Waals surface area (Å²) in [5.74, 6) is -1.50. The van der Waals surface area contributed by atoms with Crippen LogP contribution in [-0.4, -0.2) is 79.6 Å². The molecule has 15 heteroatoms. The summed E-state index contributed by atoms with van der Waals surface area (Å²) in [4.78, 5) is 33.4. The van der Waals surface area contributed by atoms with Crippen molar-refractivity contribution in [2.45, 2.75) is 83.3 Å². The number of primary amides is 1. The van der Waals surface area contributed by atoms with Crippen molar-refractivity contribution in [2.24, 2.45) is 11.1 Å². The average Bonchev–Trinajstić information content (AvgIpc) is 3.40. The number of nitrogens with two attached hydrogens (primary N) is 1. The van der Waals surface area contributed by atoms with Crippen LogP contribution in [0.5, 0.6) is 5.88 Å². The van der Waals surface area contributed by atoms with E-state index >= 15 is 0 Å². The van der Waals surface area contributed by atoms with Gasteiger partial charge in [0.15, 0.2) is 5.65 Å². The van der Waals surface area contributed by atoms with Crippen LogP contribution >= 0.6 is 0 Å². The number of hydrogen-bond donors (Lipinski definition) is 2. The number of carboxylic acid groups (broad SMARTS) is 1. The van der Waals surface area contributed by atoms with Gasteiger partial charge in [0.2, 0.25) is 21.8 Å². The summed E-state index contributed by atoms with van der Waals surface area (Å²) in [6.45, 7) is 9.73. The van der Waals surface area contributed by atoms with Crippen molar-refractivity contribution in [3.8, 4) is 5.88 Å². The first kappa shape index (κ1) is 34.4. The fourth-order valence-corrected chi connectivity index (χ4v) is 8.26. The summed E-state index contributed by atoms with van der Waals surface area (Å²) in [5.41, 5.74) is 7.68. The number of nitrogens with zero attached hydrogens (tertiary/aromatic N) is 6. The summed E-state index contributed by atoms with van der Waals surface area (Å²) in [5, 5.41) is 19.0. The lowest BCUT2D eigenvalue weighted by Crippen LogP contribution is -2.50. The third kappa shape index (κ3) is 6.37. The van der Waals surface area contributed by atoms with Gasteiger partial charge < -0.3 is 20.3 Å². The maximum atomic E-state index is 14.4. The zero-order valence-corrected chi connectivity index (χ0v) is 29.1. The summed E-state index contributed by atoms with van der Waals surface area (Å²) in [7, 11) is -4.13. The smallest absolute Gasteiger partial charge is 0.310 e. The molecule has 0 unspecified atom stereocenters. The van der Waals surface area contributed by atoms with Gasteiger partial charge in [-0.05, 0) is 87.6 Å². The number of amides is 1. The van der Waals surface area contributed by atoms with Gasteiger partial charge in [-0.3, -0.25) is 19.0 Å². The molecule has 260 valence electrons. The SMILES string of the molecule is Cc1cnc([C@@H](c2ccn3c(C)nnc3c2C)C(C)(C)C(=O)O)cc1CN1CC2(CCOCC2)Oc2nc(CCC(N)=O)ccc2S1(=O)=O. The van der Waals surface area contributed by atoms with Crippen LogP contribution in [0.1, 0.15) is 78.5 Å². The standard InChI is InChI=1S/C34H41N7O7S/c1-20-17-36-26(29(33(4,5)32(43)44)25-10-13-41-22(3)38-39-30(41)21(25)2)16-23(20)18-40-19-34(11-14-47-15-12-34)48-31-27(49(40,45)46)8-6-24(37-31)7-9-28(35)42/h6,8,10,13,16-17,29H,7,9,11-12,14-15,18-19H2,1-5H3,(H2,35,42)(H,43,44)/t29-/m1/s1. The summed E-state index contributed by atoms with van der Waals surface area (Å²) >= 11 is 0. The molecular formula is C34H41N7O7S. The van der Waals surface area contributed by atoms with E-state index in [4.69, 9.17) is 20.2 Å². The van der Waals surface area contributed by atoms with Crippen LogP contribution in [0.2, 0.25) is 0 Å². The Balaban J connectivity index is 1.44. The van der Waals surface area contributed by atoms with Gasteiger partial charge in [0, 0.05) is 55.5 Å². The van der Waals surface area contributed by atoms with Crippen molar-refractivity contribution in [1.82, 2.24) is 28.9 Å². The topological polar surface area (TPSA) is 192 Å². The van der Waals surface area contributed by atoms with Crippen LogP contribution in [0, 0.1) is 26.2 Å². The highest BCUT2D eigenvalue weighted by Crippen LogP contribution is 2.43. The van der Waals surface area contributed by atoms with Crippen molar-refractivity contribution < 1.29 is 32.6 Å². The maximum absolute atomic E-state index is 14.4. The number of aryl methyl sites for hydroxylation is 4. The Hall–Kier alpha value is -4.47. The Labute approximate surface area is 284 Å². The molecule has 1 saturated heterocycles. The highest BCUT2D eigenvalue weighted by Gasteiger charge is 2.46. The van der Waals surface area contributed by atoms with Gasteiger partial charge in [-0.15, -0.1) is 10.2 Å². The molecule has 6 heterocycles. The third-order valence-electron chi connectivity index (χ3n) is 9.81. The van der Waals surface area contributed by atoms with E-state index in [0.29, 0.717) is 54.5 Å². The van der Waals surface area contributed by atoms with Crippen molar-refractivity contribution >= 4 is 27.5 Å². The molecule has 0 aliphatic carbocycles. The Bertz CT molecular complexity index is 2050. The van der Waals surface area contributed by atoms with Gasteiger partial charge in [0.1, 0.15) is 16.3 Å². The molecule has 4 aromatic rings. The zero-order chi connectivity index (χ0) is 35.3. The number of pyridine rings is 3. The molecule has 1 atom stereocenters. The number of sulfonamides is 1. The van der Waals surface area contributed by atoms with Crippen LogP contribution in [0.25, 0.3) is 5.65 Å². The molecule has 1 fully saturated rings. The van der Waals surface area contributed by atoms with E-state index in [0.717, 1.165) is 16.7 Å². The number of hydrogen-bond acceptors (Lipinski definition) is 10. The molecule has 2 aliphatic rings. The lowest BCUT2D eigenvalue weighted by atomic mass is 9.71. The molecule has 1 spiro atoms. The number of rotatable bonds is 9. The normalized spacial score (nSPS) is 18.1. The summed E-state index contributed by atoms with van der Waals surface area (Å²) < 4.78 is 44.2. The van der Waals surface area contributed by atoms with Crippen LogP contribution in [0.15, 0.2) is 41.6 Å². The van der Waals surface area contributed by atoms with Crippen LogP contribution in [0.4, 0.5) is 0 Å². The van der Waals surface area contributed by atoms with Crippen molar-refractivity contribution in [1.29, 1.82) is 0 Å². The van der Waals surface area contributed by atoms with Gasteiger partial charge in [-0.1, -0.05) is 0 Å². The number of aliphatic carboxylic acids is 1. The van der Waals surface area contributed by atoms with Gasteiger partial charge in [-0.25, -0.2) is 13.4 Å². The monoisotopic (exact) mass is 691 g/mol. The number of fused-ring (bicyclic) bond motifs is 2. The zero-order valence-electron chi connectivity index (χ0n) is 28.3. The molecule has 3 N–H and O–H groups in total. The molecule has 49 heavy (non-hydrogen) atoms. The highest BCUT2D eigenvalue weighted by molar-refractivity contribution is 7.89. The van der Waals surface area contributed by atoms with Gasteiger partial charge >= 0.3 is 5.97 Å². The van der Waals surface area contributed by atoms with Crippen LogP contribution < -0.4 is 10.5 Å². The fourth-order valence-electron chi connectivity index (χ4n) is 6.72. The van der Waals surface area contributed by atoms with Crippen molar-refractivity contribution in [3.63, 3.8) is 0 Å². The molecule has 0 radical (unpaired) electrons. The lowest BCUT2D eigenvalue weighted by molar-refractivity contribution is -0.147. The van der Waals surface area contributed by atoms with Gasteiger partial charge in [0.25, 0.3) is 0 Å². The second kappa shape index (κ2) is 12.8. The van der Waals surface area contributed by atoms with Gasteiger partial charge in [0.05, 0.1) is 25.2 Å². The lowest BCUT2D eigenvalue weighted by Gasteiger charge is -2.38. The Morgan fingerprint density at radius 3 is 2.55 bits per heavy atom. The highest BCUT2D eigenvalue weighted by atomic mass is 32.2. The van der Waals surface area contributed by atoms with Crippen molar-refractivity contribution in [2.75, 3.05) is 19.8 Å².